The summed E-state index contributed by atoms with van der Waals surface area (Å²) >= 11 is 0. The SMILES string of the molecule is CCC(C(=O)NCCN1CCCCCC1)N1C(=O)CCn2nc(C)cc21. The lowest BCUT2D eigenvalue weighted by atomic mass is 10.1. The summed E-state index contributed by atoms with van der Waals surface area (Å²) in [5, 5.41) is 7.48. The fourth-order valence-corrected chi connectivity index (χ4v) is 3.97. The molecule has 3 heterocycles. The maximum absolute atomic E-state index is 12.8. The van der Waals surface area contributed by atoms with Gasteiger partial charge in [0.15, 0.2) is 0 Å². The van der Waals surface area contributed by atoms with Crippen LogP contribution in [0, 0.1) is 6.92 Å². The van der Waals surface area contributed by atoms with Gasteiger partial charge in [-0.3, -0.25) is 14.5 Å². The molecule has 0 saturated carbocycles. The van der Waals surface area contributed by atoms with Crippen molar-refractivity contribution in [3.8, 4) is 0 Å². The van der Waals surface area contributed by atoms with Crippen molar-refractivity contribution < 1.29 is 9.59 Å². The molecule has 0 radical (unpaired) electrons. The Morgan fingerprint density at radius 3 is 2.65 bits per heavy atom. The van der Waals surface area contributed by atoms with Crippen molar-refractivity contribution in [1.29, 1.82) is 0 Å². The van der Waals surface area contributed by atoms with Crippen LogP contribution < -0.4 is 10.2 Å². The minimum absolute atomic E-state index is 0.00641. The van der Waals surface area contributed by atoms with Crippen LogP contribution in [-0.2, 0) is 16.1 Å². The first-order valence-corrected chi connectivity index (χ1v) is 9.96. The summed E-state index contributed by atoms with van der Waals surface area (Å²) in [7, 11) is 0. The second-order valence-electron chi connectivity index (χ2n) is 7.35. The molecule has 1 aromatic heterocycles. The normalized spacial score (nSPS) is 19.8. The summed E-state index contributed by atoms with van der Waals surface area (Å²) in [6.07, 6.45) is 6.10. The number of nitrogens with zero attached hydrogens (tertiary/aromatic N) is 4. The number of amides is 2. The van der Waals surface area contributed by atoms with Gasteiger partial charge in [-0.25, -0.2) is 4.68 Å². The topological polar surface area (TPSA) is 70.5 Å². The molecule has 2 amide bonds. The first-order valence-electron chi connectivity index (χ1n) is 9.96. The Balaban J connectivity index is 1.60. The largest absolute Gasteiger partial charge is 0.353 e. The molecule has 1 atom stereocenters. The van der Waals surface area contributed by atoms with Crippen LogP contribution in [0.5, 0.6) is 0 Å². The Labute approximate surface area is 155 Å². The van der Waals surface area contributed by atoms with Crippen molar-refractivity contribution in [2.75, 3.05) is 31.1 Å². The molecule has 7 nitrogen and oxygen atoms in total. The van der Waals surface area contributed by atoms with Gasteiger partial charge in [-0.05, 0) is 39.3 Å². The predicted octanol–water partition coefficient (Wildman–Crippen LogP) is 1.70. The highest BCUT2D eigenvalue weighted by molar-refractivity contribution is 6.00. The van der Waals surface area contributed by atoms with E-state index in [4.69, 9.17) is 0 Å². The van der Waals surface area contributed by atoms with Crippen LogP contribution in [0.2, 0.25) is 0 Å². The number of anilines is 1. The first-order chi connectivity index (χ1) is 12.6. The molecule has 1 saturated heterocycles. The van der Waals surface area contributed by atoms with E-state index in [0.29, 0.717) is 25.9 Å². The Kier molecular flexibility index (Phi) is 6.29. The average molecular weight is 361 g/mol. The molecule has 0 aromatic carbocycles. The summed E-state index contributed by atoms with van der Waals surface area (Å²) in [5.41, 5.74) is 0.871. The molecule has 26 heavy (non-hydrogen) atoms. The van der Waals surface area contributed by atoms with Crippen molar-refractivity contribution in [1.82, 2.24) is 20.0 Å². The molecule has 0 spiro atoms. The zero-order chi connectivity index (χ0) is 18.5. The third-order valence-electron chi connectivity index (χ3n) is 5.36. The summed E-state index contributed by atoms with van der Waals surface area (Å²) in [6, 6.07) is 1.42. The number of likely N-dealkylation sites (tertiary alicyclic amines) is 1. The standard InChI is InChI=1S/C19H31N5O2/c1-3-16(19(26)20-9-13-22-10-6-4-5-7-11-22)24-17-14-15(2)21-23(17)12-8-18(24)25/h14,16H,3-13H2,1-2H3,(H,20,26). The molecule has 2 aliphatic heterocycles. The number of fused-ring (bicyclic) bond motifs is 1. The Bertz CT molecular complexity index is 634. The fraction of sp³-hybridized carbons (Fsp3) is 0.737. The molecule has 1 N–H and O–H groups in total. The van der Waals surface area contributed by atoms with E-state index < -0.39 is 6.04 Å². The molecule has 7 heteroatoms. The smallest absolute Gasteiger partial charge is 0.243 e. The van der Waals surface area contributed by atoms with Crippen LogP contribution >= 0.6 is 0 Å². The van der Waals surface area contributed by atoms with Gasteiger partial charge < -0.3 is 10.2 Å². The number of aromatic nitrogens is 2. The number of hydrogen-bond donors (Lipinski definition) is 1. The van der Waals surface area contributed by atoms with E-state index in [9.17, 15) is 9.59 Å². The van der Waals surface area contributed by atoms with Crippen molar-refractivity contribution in [2.24, 2.45) is 0 Å². The minimum atomic E-state index is -0.471. The van der Waals surface area contributed by atoms with Gasteiger partial charge >= 0.3 is 0 Å². The summed E-state index contributed by atoms with van der Waals surface area (Å²) < 4.78 is 1.84. The minimum Gasteiger partial charge on any atom is -0.353 e. The number of carbonyl (C=O) groups is 2. The van der Waals surface area contributed by atoms with E-state index in [1.165, 1.54) is 25.7 Å². The van der Waals surface area contributed by atoms with Crippen LogP contribution in [0.4, 0.5) is 5.82 Å². The monoisotopic (exact) mass is 361 g/mol. The number of hydrogen-bond acceptors (Lipinski definition) is 4. The van der Waals surface area contributed by atoms with E-state index in [2.05, 4.69) is 15.3 Å². The molecule has 1 aromatic rings. The van der Waals surface area contributed by atoms with Crippen LogP contribution in [0.3, 0.4) is 0 Å². The van der Waals surface area contributed by atoms with Gasteiger partial charge in [-0.2, -0.15) is 5.10 Å². The lowest BCUT2D eigenvalue weighted by Crippen LogP contribution is -2.53. The number of carbonyl (C=O) groups excluding carboxylic acids is 2. The van der Waals surface area contributed by atoms with E-state index in [1.807, 2.05) is 24.6 Å². The highest BCUT2D eigenvalue weighted by atomic mass is 16.2. The number of nitrogens with one attached hydrogen (secondary N) is 1. The Morgan fingerprint density at radius 1 is 1.23 bits per heavy atom. The van der Waals surface area contributed by atoms with Crippen LogP contribution in [-0.4, -0.2) is 58.7 Å². The maximum atomic E-state index is 12.8. The molecule has 144 valence electrons. The van der Waals surface area contributed by atoms with Gasteiger partial charge in [0.05, 0.1) is 12.2 Å². The van der Waals surface area contributed by atoms with E-state index in [0.717, 1.165) is 31.1 Å². The highest BCUT2D eigenvalue weighted by Gasteiger charge is 2.34. The summed E-state index contributed by atoms with van der Waals surface area (Å²) in [5.74, 6) is 0.683. The Morgan fingerprint density at radius 2 is 1.96 bits per heavy atom. The molecule has 3 rings (SSSR count). The summed E-state index contributed by atoms with van der Waals surface area (Å²) in [6.45, 7) is 8.21. The molecular weight excluding hydrogens is 330 g/mol. The first kappa shape index (κ1) is 18.9. The summed E-state index contributed by atoms with van der Waals surface area (Å²) in [4.78, 5) is 29.4. The molecular formula is C19H31N5O2. The quantitative estimate of drug-likeness (QED) is 0.837. The van der Waals surface area contributed by atoms with E-state index >= 15 is 0 Å². The average Bonchev–Trinajstić information content (AvgIpc) is 2.81. The molecule has 0 aliphatic carbocycles. The zero-order valence-corrected chi connectivity index (χ0v) is 16.0. The number of rotatable bonds is 6. The fourth-order valence-electron chi connectivity index (χ4n) is 3.97. The molecule has 2 aliphatic rings. The van der Waals surface area contributed by atoms with Crippen LogP contribution in [0.25, 0.3) is 0 Å². The van der Waals surface area contributed by atoms with Crippen molar-refractivity contribution >= 4 is 17.6 Å². The van der Waals surface area contributed by atoms with Gasteiger partial charge in [-0.15, -0.1) is 0 Å². The zero-order valence-electron chi connectivity index (χ0n) is 16.0. The lowest BCUT2D eigenvalue weighted by molar-refractivity contribution is -0.127. The van der Waals surface area contributed by atoms with Crippen molar-refractivity contribution in [3.63, 3.8) is 0 Å². The second-order valence-corrected chi connectivity index (χ2v) is 7.35. The Hall–Kier alpha value is -1.89. The third kappa shape index (κ3) is 4.26. The van der Waals surface area contributed by atoms with Gasteiger partial charge in [0.25, 0.3) is 0 Å². The number of aryl methyl sites for hydroxylation is 2. The van der Waals surface area contributed by atoms with Crippen LogP contribution in [0.1, 0.15) is 51.1 Å². The van der Waals surface area contributed by atoms with Gasteiger partial charge in [-0.1, -0.05) is 19.8 Å². The van der Waals surface area contributed by atoms with E-state index in [-0.39, 0.29) is 11.8 Å². The van der Waals surface area contributed by atoms with Crippen molar-refractivity contribution in [3.05, 3.63) is 11.8 Å². The van der Waals surface area contributed by atoms with Crippen LogP contribution in [0.15, 0.2) is 6.07 Å². The van der Waals surface area contributed by atoms with E-state index in [1.54, 1.807) is 4.90 Å². The molecule has 0 bridgehead atoms. The van der Waals surface area contributed by atoms with Crippen molar-refractivity contribution in [2.45, 2.75) is 65.0 Å². The highest BCUT2D eigenvalue weighted by Crippen LogP contribution is 2.26. The van der Waals surface area contributed by atoms with Gasteiger partial charge in [0.1, 0.15) is 11.9 Å². The lowest BCUT2D eigenvalue weighted by Gasteiger charge is -2.33. The van der Waals surface area contributed by atoms with Gasteiger partial charge in [0, 0.05) is 25.6 Å². The maximum Gasteiger partial charge on any atom is 0.243 e. The molecule has 1 fully saturated rings. The molecule has 1 unspecified atom stereocenters. The second kappa shape index (κ2) is 8.66. The third-order valence-corrected chi connectivity index (χ3v) is 5.36. The predicted molar refractivity (Wildman–Crippen MR) is 101 cm³/mol. The van der Waals surface area contributed by atoms with Gasteiger partial charge in [0.2, 0.25) is 11.8 Å².